The lowest BCUT2D eigenvalue weighted by atomic mass is 9.64. The molecule has 12 unspecified atom stereocenters. The molecule has 0 radical (unpaired) electrons. The molecular formula is C63H72N4S. The molecule has 9 aliphatic carbocycles. The molecule has 1 N–H and O–H groups in total. The van der Waals surface area contributed by atoms with Crippen molar-refractivity contribution in [2.75, 3.05) is 4.90 Å². The largest absolute Gasteiger partial charge is 0.348 e. The first-order valence-electron chi connectivity index (χ1n) is 27.5. The number of allylic oxidation sites excluding steroid dienone is 20. The van der Waals surface area contributed by atoms with E-state index in [4.69, 9.17) is 9.98 Å². The molecule has 13 rings (SSSR count). The summed E-state index contributed by atoms with van der Waals surface area (Å²) in [6, 6.07) is 12.0. The van der Waals surface area contributed by atoms with E-state index in [2.05, 4.69) is 150 Å². The number of amidine groups is 2. The Labute approximate surface area is 411 Å². The summed E-state index contributed by atoms with van der Waals surface area (Å²) in [7, 11) is 0. The molecule has 12 aliphatic rings. The lowest BCUT2D eigenvalue weighted by Crippen LogP contribution is -2.47. The van der Waals surface area contributed by atoms with Gasteiger partial charge in [-0.1, -0.05) is 127 Å². The molecule has 68 heavy (non-hydrogen) atoms. The maximum absolute atomic E-state index is 5.75. The molecule has 2 saturated heterocycles. The number of rotatable bonds is 8. The minimum atomic E-state index is -0.0490. The second-order valence-corrected chi connectivity index (χ2v) is 23.5. The zero-order valence-corrected chi connectivity index (χ0v) is 41.1. The van der Waals surface area contributed by atoms with Crippen LogP contribution in [-0.2, 0) is 0 Å². The van der Waals surface area contributed by atoms with E-state index in [-0.39, 0.29) is 23.9 Å². The Morgan fingerprint density at radius 1 is 0.662 bits per heavy atom. The fourth-order valence-corrected chi connectivity index (χ4v) is 16.8. The van der Waals surface area contributed by atoms with Gasteiger partial charge < -0.3 is 10.2 Å². The van der Waals surface area contributed by atoms with Crippen LogP contribution < -0.4 is 10.2 Å². The SMILES string of the molecule is C1=CCC(C2=NC(C3=CCCCC3)NC(C3C=C(C4C=C(C5=CCCCC5)C=CC4C4=CCCCC4)C=CC3C3=CCCC4SC5=CC6C7CCCC=C7N(c7ccccc7)C6CC5C34)=N2)C=C1. The van der Waals surface area contributed by atoms with Gasteiger partial charge in [0, 0.05) is 70.0 Å². The maximum Gasteiger partial charge on any atom is 0.143 e. The van der Waals surface area contributed by atoms with E-state index >= 15 is 0 Å². The van der Waals surface area contributed by atoms with Crippen molar-refractivity contribution < 1.29 is 0 Å². The van der Waals surface area contributed by atoms with Gasteiger partial charge in [-0.15, -0.1) is 11.8 Å². The maximum atomic E-state index is 5.75. The highest BCUT2D eigenvalue weighted by atomic mass is 32.2. The monoisotopic (exact) mass is 917 g/mol. The minimum Gasteiger partial charge on any atom is -0.348 e. The van der Waals surface area contributed by atoms with Crippen molar-refractivity contribution in [2.45, 2.75) is 139 Å². The van der Waals surface area contributed by atoms with Gasteiger partial charge in [0.05, 0.1) is 0 Å². The number of fused-ring (bicyclic) bond motifs is 6. The first kappa shape index (κ1) is 43.4. The van der Waals surface area contributed by atoms with Gasteiger partial charge in [0.25, 0.3) is 0 Å². The second-order valence-electron chi connectivity index (χ2n) is 22.2. The summed E-state index contributed by atoms with van der Waals surface area (Å²) < 4.78 is 0. The van der Waals surface area contributed by atoms with Crippen LogP contribution in [0.4, 0.5) is 5.69 Å². The van der Waals surface area contributed by atoms with Crippen molar-refractivity contribution in [2.24, 2.45) is 63.2 Å². The first-order valence-corrected chi connectivity index (χ1v) is 28.4. The predicted molar refractivity (Wildman–Crippen MR) is 286 cm³/mol. The van der Waals surface area contributed by atoms with Gasteiger partial charge in [-0.2, -0.15) is 0 Å². The molecule has 0 bridgehead atoms. The van der Waals surface area contributed by atoms with Crippen LogP contribution in [0.3, 0.4) is 0 Å². The zero-order valence-electron chi connectivity index (χ0n) is 40.2. The van der Waals surface area contributed by atoms with Gasteiger partial charge in [-0.25, -0.2) is 9.98 Å². The van der Waals surface area contributed by atoms with Crippen LogP contribution in [0.15, 0.2) is 182 Å². The van der Waals surface area contributed by atoms with Crippen LogP contribution in [0, 0.1) is 53.3 Å². The topological polar surface area (TPSA) is 40.0 Å². The van der Waals surface area contributed by atoms with E-state index in [0.29, 0.717) is 46.8 Å². The van der Waals surface area contributed by atoms with Crippen LogP contribution in [-0.4, -0.2) is 29.1 Å². The summed E-state index contributed by atoms with van der Waals surface area (Å²) in [5, 5.41) is 4.79. The molecule has 0 saturated carbocycles. The molecule has 0 spiro atoms. The lowest BCUT2D eigenvalue weighted by molar-refractivity contribution is 0.300. The summed E-state index contributed by atoms with van der Waals surface area (Å²) in [4.78, 5) is 15.8. The molecule has 0 aromatic heterocycles. The second kappa shape index (κ2) is 19.0. The first-order chi connectivity index (χ1) is 33.7. The van der Waals surface area contributed by atoms with Crippen LogP contribution in [0.1, 0.15) is 122 Å². The van der Waals surface area contributed by atoms with Gasteiger partial charge >= 0.3 is 0 Å². The standard InChI is InChI=1S/C63H72N4S/c1-6-19-41(20-7-1)45-33-35-48(42-21-8-2-9-22-42)52(37-45)46-34-36-49(54(38-46)63-65-61(43-23-10-3-11-24-43)64-62(66-63)44-25-12-4-13-26-44)51-30-18-32-58-60(51)55-39-57-53(40-59(55)68-58)50-29-16-17-31-56(50)67(57)47-27-14-5-15-28-47/h3,5,10-11,14-15,19,21,23,25,27-28,30-31,33-38,40,43,48-50,52-55,57-58,60,62H,1-2,4,6-9,12-13,16-18,20,22,24,26,29,32,39H2,(H,64,65,66). The third-order valence-corrected chi connectivity index (χ3v) is 19.9. The van der Waals surface area contributed by atoms with Crippen LogP contribution in [0.2, 0.25) is 0 Å². The van der Waals surface area contributed by atoms with Crippen molar-refractivity contribution in [3.63, 3.8) is 0 Å². The van der Waals surface area contributed by atoms with Gasteiger partial charge in [-0.3, -0.25) is 0 Å². The number of hydrogen-bond acceptors (Lipinski definition) is 5. The van der Waals surface area contributed by atoms with Crippen molar-refractivity contribution in [3.05, 3.63) is 172 Å². The molecule has 12 atom stereocenters. The van der Waals surface area contributed by atoms with Crippen molar-refractivity contribution >= 4 is 29.1 Å². The van der Waals surface area contributed by atoms with E-state index in [0.717, 1.165) is 30.9 Å². The molecule has 350 valence electrons. The number of nitrogens with zero attached hydrogens (tertiary/aromatic N) is 3. The smallest absolute Gasteiger partial charge is 0.143 e. The molecule has 1 aromatic carbocycles. The van der Waals surface area contributed by atoms with Gasteiger partial charge in [0.2, 0.25) is 0 Å². The Morgan fingerprint density at radius 2 is 1.49 bits per heavy atom. The van der Waals surface area contributed by atoms with Crippen LogP contribution >= 0.6 is 11.8 Å². The molecule has 3 aliphatic heterocycles. The molecule has 3 heterocycles. The van der Waals surface area contributed by atoms with Gasteiger partial charge in [0.15, 0.2) is 0 Å². The number of thioether (sulfide) groups is 1. The summed E-state index contributed by atoms with van der Waals surface area (Å²) in [6.45, 7) is 0. The number of aliphatic imine (C=N–C) groups is 2. The Balaban J connectivity index is 0.907. The summed E-state index contributed by atoms with van der Waals surface area (Å²) in [5.74, 6) is 5.78. The third-order valence-electron chi connectivity index (χ3n) is 18.3. The van der Waals surface area contributed by atoms with E-state index in [1.54, 1.807) is 27.3 Å². The van der Waals surface area contributed by atoms with Crippen LogP contribution in [0.5, 0.6) is 0 Å². The Hall–Kier alpha value is -4.61. The third kappa shape index (κ3) is 8.09. The zero-order chi connectivity index (χ0) is 45.0. The normalized spacial score (nSPS) is 37.3. The van der Waals surface area contributed by atoms with Crippen molar-refractivity contribution in [1.29, 1.82) is 0 Å². The molecular weight excluding hydrogens is 845 g/mol. The Morgan fingerprint density at radius 3 is 2.29 bits per heavy atom. The summed E-state index contributed by atoms with van der Waals surface area (Å²) in [5.41, 5.74) is 12.4. The highest BCUT2D eigenvalue weighted by Crippen LogP contribution is 2.62. The minimum absolute atomic E-state index is 0.0490. The number of anilines is 1. The van der Waals surface area contributed by atoms with E-state index in [1.165, 1.54) is 125 Å². The summed E-state index contributed by atoms with van der Waals surface area (Å²) in [6.07, 6.45) is 64.2. The number of nitrogens with one attached hydrogen (secondary N) is 1. The molecule has 4 nitrogen and oxygen atoms in total. The highest BCUT2D eigenvalue weighted by Gasteiger charge is 2.55. The van der Waals surface area contributed by atoms with Gasteiger partial charge in [0.1, 0.15) is 17.8 Å². The van der Waals surface area contributed by atoms with Crippen molar-refractivity contribution in [3.8, 4) is 0 Å². The van der Waals surface area contributed by atoms with E-state index in [9.17, 15) is 0 Å². The average Bonchev–Trinajstić information content (AvgIpc) is 3.95. The molecule has 0 amide bonds. The predicted octanol–water partition coefficient (Wildman–Crippen LogP) is 15.3. The van der Waals surface area contributed by atoms with E-state index in [1.807, 2.05) is 0 Å². The van der Waals surface area contributed by atoms with E-state index < -0.39 is 0 Å². The fraction of sp³-hybridized carbons (Fsp3) is 0.492. The summed E-state index contributed by atoms with van der Waals surface area (Å²) >= 11 is 2.29. The molecule has 5 heteroatoms. The Kier molecular flexibility index (Phi) is 12.1. The highest BCUT2D eigenvalue weighted by molar-refractivity contribution is 8.04. The van der Waals surface area contributed by atoms with Gasteiger partial charge in [-0.05, 0) is 167 Å². The number of hydrogen-bond donors (Lipinski definition) is 1. The van der Waals surface area contributed by atoms with Crippen molar-refractivity contribution in [1.82, 2.24) is 5.32 Å². The molecule has 1 aromatic rings. The fourth-order valence-electron chi connectivity index (χ4n) is 15.1. The van der Waals surface area contributed by atoms with Crippen LogP contribution in [0.25, 0.3) is 0 Å². The average molecular weight is 917 g/mol. The Bertz CT molecular complexity index is 2600. The number of benzene rings is 1. The number of para-hydroxylation sites is 1. The lowest BCUT2D eigenvalue weighted by Gasteiger charge is -2.42. The molecule has 2 fully saturated rings. The quantitative estimate of drug-likeness (QED) is 0.264.